The molecule has 0 saturated carbocycles. The van der Waals surface area contributed by atoms with E-state index in [-0.39, 0.29) is 0 Å². The second-order valence-corrected chi connectivity index (χ2v) is 7.37. The molecule has 1 aliphatic heterocycles. The molecule has 0 unspecified atom stereocenters. The molecule has 1 aromatic carbocycles. The van der Waals surface area contributed by atoms with Gasteiger partial charge < -0.3 is 19.7 Å². The third-order valence-corrected chi connectivity index (χ3v) is 5.28. The molecule has 1 N–H and O–H groups in total. The van der Waals surface area contributed by atoms with Crippen molar-refractivity contribution in [2.45, 2.75) is 25.8 Å². The molecule has 1 aromatic heterocycles. The number of likely N-dealkylation sites (tertiary alicyclic amines) is 1. The van der Waals surface area contributed by atoms with Gasteiger partial charge >= 0.3 is 0 Å². The normalized spacial score (nSPS) is 15.4. The van der Waals surface area contributed by atoms with E-state index in [2.05, 4.69) is 50.5 Å². The quantitative estimate of drug-likeness (QED) is 0.422. The number of guanidine groups is 1. The molecule has 29 heavy (non-hydrogen) atoms. The predicted molar refractivity (Wildman–Crippen MR) is 116 cm³/mol. The lowest BCUT2D eigenvalue weighted by molar-refractivity contribution is 0.143. The van der Waals surface area contributed by atoms with Crippen LogP contribution in [0.1, 0.15) is 24.0 Å². The van der Waals surface area contributed by atoms with Crippen molar-refractivity contribution >= 4 is 5.96 Å². The lowest BCUT2D eigenvalue weighted by atomic mass is 9.90. The number of nitrogens with one attached hydrogen (secondary N) is 1. The standard InChI is InChI=1S/C23H32N4O2/c1-24-23(26-18-21-8-9-22(25-17-21)29-15-14-28-2)27-12-10-20(11-13-27)16-19-6-4-3-5-7-19/h3-9,17,20H,10-16,18H2,1-2H3,(H,24,26). The number of hydrogen-bond donors (Lipinski definition) is 1. The minimum absolute atomic E-state index is 0.508. The molecule has 156 valence electrons. The van der Waals surface area contributed by atoms with Gasteiger partial charge in [0.2, 0.25) is 5.88 Å². The van der Waals surface area contributed by atoms with E-state index in [9.17, 15) is 0 Å². The Morgan fingerprint density at radius 3 is 2.55 bits per heavy atom. The Labute approximate surface area is 174 Å². The average molecular weight is 397 g/mol. The average Bonchev–Trinajstić information content (AvgIpc) is 2.77. The first-order valence-corrected chi connectivity index (χ1v) is 10.3. The Bertz CT molecular complexity index is 741. The first kappa shape index (κ1) is 21.1. The molecule has 0 radical (unpaired) electrons. The highest BCUT2D eigenvalue weighted by Gasteiger charge is 2.21. The number of methoxy groups -OCH3 is 1. The van der Waals surface area contributed by atoms with Crippen molar-refractivity contribution in [1.29, 1.82) is 0 Å². The largest absolute Gasteiger partial charge is 0.475 e. The summed E-state index contributed by atoms with van der Waals surface area (Å²) < 4.78 is 10.5. The van der Waals surface area contributed by atoms with Crippen LogP contribution in [0.3, 0.4) is 0 Å². The van der Waals surface area contributed by atoms with Crippen molar-refractivity contribution in [3.8, 4) is 5.88 Å². The number of piperidine rings is 1. The van der Waals surface area contributed by atoms with E-state index >= 15 is 0 Å². The highest BCUT2D eigenvalue weighted by Crippen LogP contribution is 2.21. The molecule has 0 amide bonds. The Morgan fingerprint density at radius 1 is 1.10 bits per heavy atom. The van der Waals surface area contributed by atoms with Crippen LogP contribution in [0.4, 0.5) is 0 Å². The number of ether oxygens (including phenoxy) is 2. The summed E-state index contributed by atoms with van der Waals surface area (Å²) in [6.07, 6.45) is 5.41. The van der Waals surface area contributed by atoms with Gasteiger partial charge in [0.15, 0.2) is 5.96 Å². The van der Waals surface area contributed by atoms with E-state index in [1.807, 2.05) is 25.4 Å². The van der Waals surface area contributed by atoms with Crippen molar-refractivity contribution in [2.24, 2.45) is 10.9 Å². The molecule has 0 aliphatic carbocycles. The first-order valence-electron chi connectivity index (χ1n) is 10.3. The van der Waals surface area contributed by atoms with Crippen molar-refractivity contribution in [2.75, 3.05) is 40.5 Å². The van der Waals surface area contributed by atoms with Crippen molar-refractivity contribution in [3.63, 3.8) is 0 Å². The van der Waals surface area contributed by atoms with Gasteiger partial charge in [0.05, 0.1) is 6.61 Å². The summed E-state index contributed by atoms with van der Waals surface area (Å²) in [6.45, 7) is 3.85. The van der Waals surface area contributed by atoms with Crippen LogP contribution in [-0.2, 0) is 17.7 Å². The summed E-state index contributed by atoms with van der Waals surface area (Å²) in [7, 11) is 3.51. The van der Waals surface area contributed by atoms with E-state index in [1.165, 1.54) is 24.8 Å². The zero-order valence-electron chi connectivity index (χ0n) is 17.5. The summed E-state index contributed by atoms with van der Waals surface area (Å²) in [4.78, 5) is 11.2. The zero-order chi connectivity index (χ0) is 20.3. The zero-order valence-corrected chi connectivity index (χ0v) is 17.5. The lowest BCUT2D eigenvalue weighted by Gasteiger charge is -2.34. The Hall–Kier alpha value is -2.60. The third kappa shape index (κ3) is 6.75. The van der Waals surface area contributed by atoms with Gasteiger partial charge in [0.25, 0.3) is 0 Å². The molecular weight excluding hydrogens is 364 g/mol. The van der Waals surface area contributed by atoms with Gasteiger partial charge in [-0.1, -0.05) is 36.4 Å². The highest BCUT2D eigenvalue weighted by molar-refractivity contribution is 5.79. The fourth-order valence-corrected chi connectivity index (χ4v) is 3.64. The number of aliphatic imine (C=N–C) groups is 1. The Morgan fingerprint density at radius 2 is 1.90 bits per heavy atom. The third-order valence-electron chi connectivity index (χ3n) is 5.28. The molecule has 2 aromatic rings. The second kappa shape index (κ2) is 11.4. The number of rotatable bonds is 8. The molecule has 0 bridgehead atoms. The summed E-state index contributed by atoms with van der Waals surface area (Å²) in [5.74, 6) is 2.33. The van der Waals surface area contributed by atoms with Crippen LogP contribution >= 0.6 is 0 Å². The Balaban J connectivity index is 1.42. The van der Waals surface area contributed by atoms with E-state index in [0.29, 0.717) is 25.6 Å². The molecule has 6 heteroatoms. The fraction of sp³-hybridized carbons (Fsp3) is 0.478. The van der Waals surface area contributed by atoms with Crippen molar-refractivity contribution in [3.05, 3.63) is 59.8 Å². The number of benzene rings is 1. The van der Waals surface area contributed by atoms with Crippen LogP contribution in [0.5, 0.6) is 5.88 Å². The molecular formula is C23H32N4O2. The highest BCUT2D eigenvalue weighted by atomic mass is 16.5. The SMILES string of the molecule is CN=C(NCc1ccc(OCCOC)nc1)N1CCC(Cc2ccccc2)CC1. The van der Waals surface area contributed by atoms with Crippen LogP contribution in [0.2, 0.25) is 0 Å². The Kier molecular flexibility index (Phi) is 8.31. The molecule has 1 aliphatic rings. The first-order chi connectivity index (χ1) is 14.3. The van der Waals surface area contributed by atoms with Crippen molar-refractivity contribution in [1.82, 2.24) is 15.2 Å². The maximum atomic E-state index is 5.51. The van der Waals surface area contributed by atoms with Gasteiger partial charge in [0.1, 0.15) is 6.61 Å². The number of nitrogens with zero attached hydrogens (tertiary/aromatic N) is 3. The van der Waals surface area contributed by atoms with Crippen LogP contribution in [-0.4, -0.2) is 56.3 Å². The molecule has 0 atom stereocenters. The van der Waals surface area contributed by atoms with E-state index in [1.54, 1.807) is 7.11 Å². The summed E-state index contributed by atoms with van der Waals surface area (Å²) in [5.41, 5.74) is 2.54. The van der Waals surface area contributed by atoms with Gasteiger partial charge in [0, 0.05) is 46.1 Å². The van der Waals surface area contributed by atoms with E-state index in [4.69, 9.17) is 9.47 Å². The summed E-state index contributed by atoms with van der Waals surface area (Å²) >= 11 is 0. The molecule has 0 spiro atoms. The van der Waals surface area contributed by atoms with Crippen LogP contribution in [0.15, 0.2) is 53.7 Å². The van der Waals surface area contributed by atoms with E-state index < -0.39 is 0 Å². The summed E-state index contributed by atoms with van der Waals surface area (Å²) in [6, 6.07) is 14.7. The van der Waals surface area contributed by atoms with Gasteiger partial charge in [-0.2, -0.15) is 0 Å². The summed E-state index contributed by atoms with van der Waals surface area (Å²) in [5, 5.41) is 3.47. The number of aromatic nitrogens is 1. The van der Waals surface area contributed by atoms with Gasteiger partial charge in [-0.15, -0.1) is 0 Å². The maximum absolute atomic E-state index is 5.51. The van der Waals surface area contributed by atoms with Gasteiger partial charge in [-0.05, 0) is 36.3 Å². The minimum atomic E-state index is 0.508. The monoisotopic (exact) mass is 396 g/mol. The second-order valence-electron chi connectivity index (χ2n) is 7.37. The van der Waals surface area contributed by atoms with Crippen LogP contribution in [0.25, 0.3) is 0 Å². The topological polar surface area (TPSA) is 59.0 Å². The minimum Gasteiger partial charge on any atom is -0.475 e. The molecule has 2 heterocycles. The number of hydrogen-bond acceptors (Lipinski definition) is 4. The van der Waals surface area contributed by atoms with Crippen molar-refractivity contribution < 1.29 is 9.47 Å². The van der Waals surface area contributed by atoms with Crippen LogP contribution < -0.4 is 10.1 Å². The fourth-order valence-electron chi connectivity index (χ4n) is 3.64. The molecule has 1 saturated heterocycles. The predicted octanol–water partition coefficient (Wildman–Crippen LogP) is 3.14. The van der Waals surface area contributed by atoms with Gasteiger partial charge in [-0.3, -0.25) is 4.99 Å². The molecule has 3 rings (SSSR count). The molecule has 1 fully saturated rings. The lowest BCUT2D eigenvalue weighted by Crippen LogP contribution is -2.45. The smallest absolute Gasteiger partial charge is 0.213 e. The maximum Gasteiger partial charge on any atom is 0.213 e. The number of pyridine rings is 1. The van der Waals surface area contributed by atoms with Gasteiger partial charge in [-0.25, -0.2) is 4.98 Å². The molecule has 6 nitrogen and oxygen atoms in total. The van der Waals surface area contributed by atoms with Crippen LogP contribution in [0, 0.1) is 5.92 Å². The van der Waals surface area contributed by atoms with E-state index in [0.717, 1.165) is 30.5 Å².